The maximum Gasteiger partial charge on any atom is 0.270 e. The molecule has 1 unspecified atom stereocenters. The lowest BCUT2D eigenvalue weighted by molar-refractivity contribution is 0.0911. The fraction of sp³-hybridized carbons (Fsp3) is 0.389. The summed E-state index contributed by atoms with van der Waals surface area (Å²) in [6.07, 6.45) is 5.30. The van der Waals surface area contributed by atoms with E-state index in [-0.39, 0.29) is 12.5 Å². The van der Waals surface area contributed by atoms with Gasteiger partial charge in [0.05, 0.1) is 6.10 Å². The van der Waals surface area contributed by atoms with Crippen LogP contribution < -0.4 is 5.32 Å². The summed E-state index contributed by atoms with van der Waals surface area (Å²) in [6.45, 7) is 0.0747. The highest BCUT2D eigenvalue weighted by atomic mass is 35.5. The van der Waals surface area contributed by atoms with Gasteiger partial charge in [-0.3, -0.25) is 4.79 Å². The van der Waals surface area contributed by atoms with Gasteiger partial charge in [0.15, 0.2) is 0 Å². The zero-order chi connectivity index (χ0) is 16.9. The summed E-state index contributed by atoms with van der Waals surface area (Å²) >= 11 is 6.05. The van der Waals surface area contributed by atoms with Crippen molar-refractivity contribution in [3.63, 3.8) is 0 Å². The van der Waals surface area contributed by atoms with Crippen molar-refractivity contribution >= 4 is 17.5 Å². The lowest BCUT2D eigenvalue weighted by Gasteiger charge is -2.14. The molecule has 1 amide bonds. The largest absolute Gasteiger partial charge is 0.387 e. The molecule has 1 aliphatic rings. The first kappa shape index (κ1) is 16.9. The molecule has 0 spiro atoms. The van der Waals surface area contributed by atoms with Crippen LogP contribution >= 0.6 is 11.6 Å². The third-order valence-corrected chi connectivity index (χ3v) is 4.69. The maximum absolute atomic E-state index is 12.3. The van der Waals surface area contributed by atoms with Crippen molar-refractivity contribution in [3.05, 3.63) is 58.6 Å². The molecule has 2 N–H and O–H groups in total. The summed E-state index contributed by atoms with van der Waals surface area (Å²) < 4.78 is 0. The normalized spacial score (nSPS) is 16.1. The van der Waals surface area contributed by atoms with E-state index in [2.05, 4.69) is 15.3 Å². The predicted molar refractivity (Wildman–Crippen MR) is 92.0 cm³/mol. The number of nitrogens with zero attached hydrogens (tertiary/aromatic N) is 2. The van der Waals surface area contributed by atoms with E-state index in [1.807, 2.05) is 0 Å². The summed E-state index contributed by atoms with van der Waals surface area (Å²) in [6, 6.07) is 8.63. The van der Waals surface area contributed by atoms with Crippen LogP contribution in [0.3, 0.4) is 0 Å². The number of hydrogen-bond acceptors (Lipinski definition) is 4. The number of nitrogens with one attached hydrogen (secondary N) is 1. The second-order valence-electron chi connectivity index (χ2n) is 6.03. The number of carbonyl (C=O) groups is 1. The predicted octanol–water partition coefficient (Wildman–Crippen LogP) is 3.25. The molecule has 2 aromatic rings. The van der Waals surface area contributed by atoms with Crippen LogP contribution in [0.15, 0.2) is 36.5 Å². The van der Waals surface area contributed by atoms with E-state index in [9.17, 15) is 9.90 Å². The molecule has 0 radical (unpaired) electrons. The molecule has 0 bridgehead atoms. The van der Waals surface area contributed by atoms with Gasteiger partial charge < -0.3 is 10.4 Å². The molecule has 126 valence electrons. The van der Waals surface area contributed by atoms with Gasteiger partial charge in [-0.2, -0.15) is 0 Å². The van der Waals surface area contributed by atoms with E-state index in [0.29, 0.717) is 22.2 Å². The average molecular weight is 346 g/mol. The van der Waals surface area contributed by atoms with Gasteiger partial charge in [0.2, 0.25) is 0 Å². The Morgan fingerprint density at radius 1 is 1.29 bits per heavy atom. The minimum Gasteiger partial charge on any atom is -0.387 e. The van der Waals surface area contributed by atoms with Gasteiger partial charge in [-0.05, 0) is 25.0 Å². The van der Waals surface area contributed by atoms with Gasteiger partial charge in [-0.1, -0.05) is 42.6 Å². The Morgan fingerprint density at radius 3 is 2.79 bits per heavy atom. The minimum absolute atomic E-state index is 0.0747. The van der Waals surface area contributed by atoms with Crippen molar-refractivity contribution in [1.29, 1.82) is 0 Å². The summed E-state index contributed by atoms with van der Waals surface area (Å²) in [5.74, 6) is 0.779. The summed E-state index contributed by atoms with van der Waals surface area (Å²) in [4.78, 5) is 21.0. The highest BCUT2D eigenvalue weighted by Crippen LogP contribution is 2.31. The molecule has 1 aromatic carbocycles. The molecule has 1 atom stereocenters. The molecule has 1 fully saturated rings. The Balaban J connectivity index is 1.63. The third-order valence-electron chi connectivity index (χ3n) is 4.35. The van der Waals surface area contributed by atoms with Gasteiger partial charge >= 0.3 is 0 Å². The number of rotatable bonds is 5. The molecule has 6 heteroatoms. The first-order chi connectivity index (χ1) is 11.6. The Labute approximate surface area is 146 Å². The van der Waals surface area contributed by atoms with Gasteiger partial charge in [-0.15, -0.1) is 0 Å². The van der Waals surface area contributed by atoms with Crippen LogP contribution in [-0.2, 0) is 0 Å². The first-order valence-corrected chi connectivity index (χ1v) is 8.56. The highest BCUT2D eigenvalue weighted by Gasteiger charge is 2.21. The molecule has 24 heavy (non-hydrogen) atoms. The van der Waals surface area contributed by atoms with E-state index < -0.39 is 6.10 Å². The van der Waals surface area contributed by atoms with Gasteiger partial charge in [0.1, 0.15) is 11.5 Å². The monoisotopic (exact) mass is 345 g/mol. The van der Waals surface area contributed by atoms with Gasteiger partial charge in [0, 0.05) is 29.2 Å². The molecule has 5 nitrogen and oxygen atoms in total. The van der Waals surface area contributed by atoms with Crippen molar-refractivity contribution in [2.24, 2.45) is 0 Å². The smallest absolute Gasteiger partial charge is 0.270 e. The molecule has 1 heterocycles. The van der Waals surface area contributed by atoms with E-state index in [0.717, 1.165) is 18.7 Å². The number of carbonyl (C=O) groups excluding carboxylic acids is 1. The highest BCUT2D eigenvalue weighted by molar-refractivity contribution is 6.31. The van der Waals surface area contributed by atoms with Crippen LogP contribution in [0.25, 0.3) is 0 Å². The van der Waals surface area contributed by atoms with Gasteiger partial charge in [-0.25, -0.2) is 9.97 Å². The number of halogens is 1. The lowest BCUT2D eigenvalue weighted by atomic mass is 10.1. The van der Waals surface area contributed by atoms with Crippen LogP contribution in [0.1, 0.15) is 59.6 Å². The average Bonchev–Trinajstić information content (AvgIpc) is 3.14. The Hall–Kier alpha value is -1.98. The van der Waals surface area contributed by atoms with Crippen LogP contribution in [0.5, 0.6) is 0 Å². The minimum atomic E-state index is -0.862. The second-order valence-corrected chi connectivity index (χ2v) is 6.44. The van der Waals surface area contributed by atoms with Crippen molar-refractivity contribution in [3.8, 4) is 0 Å². The van der Waals surface area contributed by atoms with Crippen LogP contribution in [-0.4, -0.2) is 27.5 Å². The van der Waals surface area contributed by atoms with E-state index >= 15 is 0 Å². The van der Waals surface area contributed by atoms with Crippen LogP contribution in [0, 0.1) is 0 Å². The number of aliphatic hydroxyl groups excluding tert-OH is 1. The third kappa shape index (κ3) is 3.91. The fourth-order valence-corrected chi connectivity index (χ4v) is 3.28. The number of hydrogen-bond donors (Lipinski definition) is 2. The SMILES string of the molecule is O=C(NCC(O)c1ccccc1Cl)c1ccnc(C2CCCC2)n1. The van der Waals surface area contributed by atoms with E-state index in [4.69, 9.17) is 11.6 Å². The van der Waals surface area contributed by atoms with Crippen molar-refractivity contribution < 1.29 is 9.90 Å². The molecule has 0 aliphatic heterocycles. The molecule has 1 saturated carbocycles. The molecular weight excluding hydrogens is 326 g/mol. The van der Waals surface area contributed by atoms with Gasteiger partial charge in [0.25, 0.3) is 5.91 Å². The summed E-state index contributed by atoms with van der Waals surface area (Å²) in [5, 5.41) is 13.4. The Kier molecular flexibility index (Phi) is 5.43. The summed E-state index contributed by atoms with van der Waals surface area (Å²) in [5.41, 5.74) is 0.923. The van der Waals surface area contributed by atoms with E-state index in [1.165, 1.54) is 12.8 Å². The van der Waals surface area contributed by atoms with Crippen molar-refractivity contribution in [2.45, 2.75) is 37.7 Å². The lowest BCUT2D eigenvalue weighted by Crippen LogP contribution is -2.29. The van der Waals surface area contributed by atoms with Crippen molar-refractivity contribution in [2.75, 3.05) is 6.54 Å². The van der Waals surface area contributed by atoms with E-state index in [1.54, 1.807) is 36.5 Å². The number of amides is 1. The summed E-state index contributed by atoms with van der Waals surface area (Å²) in [7, 11) is 0. The quantitative estimate of drug-likeness (QED) is 0.872. The zero-order valence-electron chi connectivity index (χ0n) is 13.3. The maximum atomic E-state index is 12.3. The molecular formula is C18H20ClN3O2. The number of benzene rings is 1. The van der Waals surface area contributed by atoms with Crippen LogP contribution in [0.4, 0.5) is 0 Å². The number of aromatic nitrogens is 2. The topological polar surface area (TPSA) is 75.1 Å². The fourth-order valence-electron chi connectivity index (χ4n) is 3.02. The first-order valence-electron chi connectivity index (χ1n) is 8.19. The standard InChI is InChI=1S/C18H20ClN3O2/c19-14-8-4-3-7-13(14)16(23)11-21-18(24)15-9-10-20-17(22-15)12-5-1-2-6-12/h3-4,7-10,12,16,23H,1-2,5-6,11H2,(H,21,24). The van der Waals surface area contributed by atoms with Crippen molar-refractivity contribution in [1.82, 2.24) is 15.3 Å². The Morgan fingerprint density at radius 2 is 2.04 bits per heavy atom. The molecule has 3 rings (SSSR count). The molecule has 1 aliphatic carbocycles. The number of aliphatic hydroxyl groups is 1. The molecule has 1 aromatic heterocycles. The second kappa shape index (κ2) is 7.73. The molecule has 0 saturated heterocycles. The zero-order valence-corrected chi connectivity index (χ0v) is 14.0. The van der Waals surface area contributed by atoms with Crippen LogP contribution in [0.2, 0.25) is 5.02 Å². The Bertz CT molecular complexity index is 717.